The normalized spacial score (nSPS) is 11.4. The number of carbonyl (C=O) groups is 1. The van der Waals surface area contributed by atoms with E-state index in [1.54, 1.807) is 19.1 Å². The first-order valence-corrected chi connectivity index (χ1v) is 7.48. The molecule has 2 aromatic rings. The summed E-state index contributed by atoms with van der Waals surface area (Å²) in [5.41, 5.74) is 1.72. The maximum atomic E-state index is 11.6. The fourth-order valence-electron chi connectivity index (χ4n) is 1.59. The fourth-order valence-corrected chi connectivity index (χ4v) is 2.32. The third-order valence-electron chi connectivity index (χ3n) is 2.70. The molecule has 0 bridgehead atoms. The molecule has 0 amide bonds. The number of hydrogen-bond donors (Lipinski definition) is 1. The Morgan fingerprint density at radius 3 is 2.60 bits per heavy atom. The first kappa shape index (κ1) is 14.2. The minimum atomic E-state index is -3.40. The number of aliphatic carboxylic acids is 1. The van der Waals surface area contributed by atoms with Gasteiger partial charge in [0.25, 0.3) is 10.0 Å². The predicted molar refractivity (Wildman–Crippen MR) is 71.7 cm³/mol. The fraction of sp³-hybridized carbons (Fsp3) is 0.250. The Morgan fingerprint density at radius 1 is 1.30 bits per heavy atom. The lowest BCUT2D eigenvalue weighted by Crippen LogP contribution is -2.14. The van der Waals surface area contributed by atoms with Crippen molar-refractivity contribution < 1.29 is 18.3 Å². The molecule has 7 nitrogen and oxygen atoms in total. The van der Waals surface area contributed by atoms with Crippen LogP contribution in [0.5, 0.6) is 0 Å². The van der Waals surface area contributed by atoms with Gasteiger partial charge in [-0.15, -0.1) is 0 Å². The van der Waals surface area contributed by atoms with Gasteiger partial charge in [-0.2, -0.15) is 9.19 Å². The molecule has 2 rings (SSSR count). The van der Waals surface area contributed by atoms with Crippen molar-refractivity contribution in [2.45, 2.75) is 13.3 Å². The van der Waals surface area contributed by atoms with Gasteiger partial charge in [0.1, 0.15) is 0 Å². The van der Waals surface area contributed by atoms with Crippen LogP contribution in [-0.2, 0) is 21.2 Å². The van der Waals surface area contributed by atoms with Crippen LogP contribution in [0.2, 0.25) is 0 Å². The van der Waals surface area contributed by atoms with Gasteiger partial charge in [-0.05, 0) is 13.0 Å². The Kier molecular flexibility index (Phi) is 3.84. The molecule has 0 aliphatic rings. The van der Waals surface area contributed by atoms with E-state index >= 15 is 0 Å². The summed E-state index contributed by atoms with van der Waals surface area (Å²) in [5.74, 6) is -0.990. The summed E-state index contributed by atoms with van der Waals surface area (Å²) in [4.78, 5) is 14.6. The van der Waals surface area contributed by atoms with Gasteiger partial charge >= 0.3 is 5.97 Å². The Bertz CT molecular complexity index is 719. The molecule has 0 radical (unpaired) electrons. The summed E-state index contributed by atoms with van der Waals surface area (Å²) in [5, 5.41) is 12.5. The smallest absolute Gasteiger partial charge is 0.309 e. The first-order valence-electron chi connectivity index (χ1n) is 5.87. The summed E-state index contributed by atoms with van der Waals surface area (Å²) >= 11 is 0. The van der Waals surface area contributed by atoms with E-state index in [0.29, 0.717) is 16.8 Å². The molecule has 2 heterocycles. The van der Waals surface area contributed by atoms with Crippen molar-refractivity contribution >= 4 is 16.0 Å². The predicted octanol–water partition coefficient (Wildman–Crippen LogP) is 0.770. The first-order chi connectivity index (χ1) is 9.42. The van der Waals surface area contributed by atoms with Gasteiger partial charge in [-0.1, -0.05) is 6.07 Å². The third-order valence-corrected chi connectivity index (χ3v) is 4.20. The van der Waals surface area contributed by atoms with Crippen molar-refractivity contribution in [3.8, 4) is 11.1 Å². The standard InChI is InChI=1S/C12H13N3O4S/c1-2-20(18,19)15-8-10(7-14-15)9-3-4-11(13-6-9)5-12(16)17/h3-4,6-8H,2,5H2,1H3,(H,16,17). The molecule has 0 saturated heterocycles. The summed E-state index contributed by atoms with van der Waals surface area (Å²) in [6.07, 6.45) is 4.19. The Labute approximate surface area is 115 Å². The highest BCUT2D eigenvalue weighted by Crippen LogP contribution is 2.18. The highest BCUT2D eigenvalue weighted by atomic mass is 32.2. The van der Waals surface area contributed by atoms with Crippen molar-refractivity contribution in [1.82, 2.24) is 14.2 Å². The lowest BCUT2D eigenvalue weighted by Gasteiger charge is -2.00. The molecule has 0 aliphatic heterocycles. The quantitative estimate of drug-likeness (QED) is 0.874. The number of carboxylic acids is 1. The number of carboxylic acid groups (broad SMARTS) is 1. The van der Waals surface area contributed by atoms with Crippen molar-refractivity contribution in [2.24, 2.45) is 0 Å². The molecule has 0 aliphatic carbocycles. The Morgan fingerprint density at radius 2 is 2.05 bits per heavy atom. The second kappa shape index (κ2) is 5.41. The molecule has 0 saturated carbocycles. The Hall–Kier alpha value is -2.22. The zero-order valence-electron chi connectivity index (χ0n) is 10.7. The van der Waals surface area contributed by atoms with Crippen LogP contribution in [0.25, 0.3) is 11.1 Å². The van der Waals surface area contributed by atoms with E-state index in [1.165, 1.54) is 18.6 Å². The molecule has 106 valence electrons. The number of pyridine rings is 1. The summed E-state index contributed by atoms with van der Waals surface area (Å²) in [6.45, 7) is 1.54. The van der Waals surface area contributed by atoms with E-state index in [2.05, 4.69) is 10.1 Å². The average Bonchev–Trinajstić information content (AvgIpc) is 2.89. The van der Waals surface area contributed by atoms with Crippen LogP contribution in [0, 0.1) is 0 Å². The topological polar surface area (TPSA) is 102 Å². The average molecular weight is 295 g/mol. The molecule has 0 fully saturated rings. The van der Waals surface area contributed by atoms with Crippen molar-refractivity contribution in [1.29, 1.82) is 0 Å². The molecular weight excluding hydrogens is 282 g/mol. The van der Waals surface area contributed by atoms with Gasteiger partial charge in [-0.3, -0.25) is 9.78 Å². The number of aromatic nitrogens is 3. The van der Waals surface area contributed by atoms with Crippen LogP contribution < -0.4 is 0 Å². The molecular formula is C12H13N3O4S. The van der Waals surface area contributed by atoms with E-state index in [9.17, 15) is 13.2 Å². The van der Waals surface area contributed by atoms with Crippen molar-refractivity contribution in [3.63, 3.8) is 0 Å². The largest absolute Gasteiger partial charge is 0.481 e. The summed E-state index contributed by atoms with van der Waals surface area (Å²) in [6, 6.07) is 3.28. The van der Waals surface area contributed by atoms with Crippen LogP contribution in [0.1, 0.15) is 12.6 Å². The van der Waals surface area contributed by atoms with E-state index < -0.39 is 16.0 Å². The van der Waals surface area contributed by atoms with Gasteiger partial charge < -0.3 is 5.11 Å². The highest BCUT2D eigenvalue weighted by Gasteiger charge is 2.12. The highest BCUT2D eigenvalue weighted by molar-refractivity contribution is 7.89. The molecule has 20 heavy (non-hydrogen) atoms. The van der Waals surface area contributed by atoms with E-state index in [1.807, 2.05) is 0 Å². The van der Waals surface area contributed by atoms with Gasteiger partial charge in [-0.25, -0.2) is 8.42 Å². The Balaban J connectivity index is 2.27. The molecule has 1 N–H and O–H groups in total. The monoisotopic (exact) mass is 295 g/mol. The summed E-state index contributed by atoms with van der Waals surface area (Å²) in [7, 11) is -3.40. The van der Waals surface area contributed by atoms with E-state index in [-0.39, 0.29) is 12.2 Å². The zero-order chi connectivity index (χ0) is 14.8. The number of rotatable bonds is 5. The second-order valence-corrected chi connectivity index (χ2v) is 6.23. The van der Waals surface area contributed by atoms with Crippen molar-refractivity contribution in [3.05, 3.63) is 36.4 Å². The van der Waals surface area contributed by atoms with Gasteiger partial charge in [0.05, 0.1) is 30.3 Å². The summed E-state index contributed by atoms with van der Waals surface area (Å²) < 4.78 is 24.2. The maximum absolute atomic E-state index is 11.6. The van der Waals surface area contributed by atoms with Crippen molar-refractivity contribution in [2.75, 3.05) is 5.75 Å². The minimum Gasteiger partial charge on any atom is -0.481 e. The SMILES string of the molecule is CCS(=O)(=O)n1cc(-c2ccc(CC(=O)O)nc2)cn1. The van der Waals surface area contributed by atoms with Gasteiger partial charge in [0.2, 0.25) is 0 Å². The van der Waals surface area contributed by atoms with Crippen LogP contribution in [0.15, 0.2) is 30.7 Å². The molecule has 0 unspecified atom stereocenters. The van der Waals surface area contributed by atoms with Gasteiger partial charge in [0, 0.05) is 17.3 Å². The lowest BCUT2D eigenvalue weighted by molar-refractivity contribution is -0.136. The second-order valence-electron chi connectivity index (χ2n) is 4.11. The maximum Gasteiger partial charge on any atom is 0.309 e. The molecule has 0 spiro atoms. The minimum absolute atomic E-state index is 0.0378. The van der Waals surface area contributed by atoms with E-state index in [4.69, 9.17) is 5.11 Å². The zero-order valence-corrected chi connectivity index (χ0v) is 11.5. The molecule has 2 aromatic heterocycles. The van der Waals surface area contributed by atoms with Crippen LogP contribution >= 0.6 is 0 Å². The van der Waals surface area contributed by atoms with E-state index in [0.717, 1.165) is 4.09 Å². The van der Waals surface area contributed by atoms with Crippen LogP contribution in [0.4, 0.5) is 0 Å². The molecule has 0 aromatic carbocycles. The van der Waals surface area contributed by atoms with Crippen LogP contribution in [-0.4, -0.2) is 39.4 Å². The van der Waals surface area contributed by atoms with Crippen LogP contribution in [0.3, 0.4) is 0 Å². The molecule has 0 atom stereocenters. The third kappa shape index (κ3) is 3.02. The molecule has 8 heteroatoms. The lowest BCUT2D eigenvalue weighted by atomic mass is 10.1. The number of nitrogens with zero attached hydrogens (tertiary/aromatic N) is 3. The van der Waals surface area contributed by atoms with Gasteiger partial charge in [0.15, 0.2) is 0 Å². The number of hydrogen-bond acceptors (Lipinski definition) is 5.